The summed E-state index contributed by atoms with van der Waals surface area (Å²) in [6.45, 7) is 8.42. The van der Waals surface area contributed by atoms with Gasteiger partial charge in [-0.1, -0.05) is 145 Å². The lowest BCUT2D eigenvalue weighted by Gasteiger charge is -2.21. The Morgan fingerprint density at radius 3 is 1.59 bits per heavy atom. The van der Waals surface area contributed by atoms with E-state index in [9.17, 15) is 9.46 Å². The molecule has 0 unspecified atom stereocenters. The highest BCUT2D eigenvalue weighted by atomic mass is 35.5. The Labute approximate surface area is 321 Å². The molecule has 0 bridgehead atoms. The summed E-state index contributed by atoms with van der Waals surface area (Å²) >= 11 is 6.88. The van der Waals surface area contributed by atoms with Crippen molar-refractivity contribution in [3.05, 3.63) is 174 Å². The van der Waals surface area contributed by atoms with Gasteiger partial charge >= 0.3 is 7.82 Å². The summed E-state index contributed by atoms with van der Waals surface area (Å²) in [4.78, 5) is 13.8. The van der Waals surface area contributed by atoms with Crippen molar-refractivity contribution in [2.24, 2.45) is 0 Å². The quantitative estimate of drug-likeness (QED) is 0.117. The average molecular weight is 754 g/mol. The van der Waals surface area contributed by atoms with E-state index in [1.165, 1.54) is 0 Å². The highest BCUT2D eigenvalue weighted by Gasteiger charge is 2.27. The molecule has 272 valence electrons. The normalized spacial score (nSPS) is 13.4. The van der Waals surface area contributed by atoms with E-state index in [0.717, 1.165) is 92.0 Å². The van der Waals surface area contributed by atoms with Crippen LogP contribution in [0.25, 0.3) is 43.3 Å². The van der Waals surface area contributed by atoms with E-state index in [0.29, 0.717) is 0 Å². The van der Waals surface area contributed by atoms with Crippen molar-refractivity contribution >= 4 is 51.6 Å². The monoisotopic (exact) mass is 753 g/mol. The number of ether oxygens (including phenoxy) is 1. The second-order valence-electron chi connectivity index (χ2n) is 13.0. The molecule has 0 amide bonds. The van der Waals surface area contributed by atoms with E-state index in [1.54, 1.807) is 17.0 Å². The number of phosphoric acid groups is 1. The maximum Gasteiger partial charge on any atom is 0.372 e. The van der Waals surface area contributed by atoms with Crippen LogP contribution in [-0.2, 0) is 4.57 Å². The zero-order chi connectivity index (χ0) is 37.5. The van der Waals surface area contributed by atoms with Crippen molar-refractivity contribution in [2.75, 3.05) is 26.2 Å². The maximum atomic E-state index is 12.3. The van der Waals surface area contributed by atoms with E-state index in [1.807, 2.05) is 121 Å². The molecule has 0 aromatic heterocycles. The Hall–Kier alpha value is -5.36. The van der Waals surface area contributed by atoms with Gasteiger partial charge in [-0.3, -0.25) is 0 Å². The fourth-order valence-corrected chi connectivity index (χ4v) is 7.99. The molecule has 0 spiro atoms. The first-order valence-corrected chi connectivity index (χ1v) is 20.0. The predicted octanol–water partition coefficient (Wildman–Crippen LogP) is 10.0. The van der Waals surface area contributed by atoms with Crippen LogP contribution < -0.4 is 23.6 Å². The van der Waals surface area contributed by atoms with Crippen LogP contribution >= 0.6 is 19.4 Å². The molecule has 1 aliphatic heterocycles. The van der Waals surface area contributed by atoms with Gasteiger partial charge in [0.2, 0.25) is 0 Å². The number of phosphoric ester groups is 1. The SMILES string of the molecule is CC[NH+](CC)CCOc1ccc(/C(=C(/Cl)c2ccccc2)c2ccccc2)cc1.O=P1([O-])Oc2ccc3ccccc3c2-c2c(ccc3ccccc23)O1. The molecule has 54 heavy (non-hydrogen) atoms. The van der Waals surface area contributed by atoms with Crippen LogP contribution in [0.4, 0.5) is 0 Å². The first-order chi connectivity index (χ1) is 26.3. The number of quaternary nitrogens is 1. The molecule has 1 aliphatic rings. The van der Waals surface area contributed by atoms with Crippen LogP contribution in [0.3, 0.4) is 0 Å². The number of nitrogens with one attached hydrogen (secondary N) is 1. The second-order valence-corrected chi connectivity index (χ2v) is 14.6. The minimum atomic E-state index is -4.50. The molecule has 8 heteroatoms. The molecule has 7 aromatic carbocycles. The number of likely N-dealkylation sites (N-methyl/N-ethyl adjacent to an activating group) is 1. The molecular formula is C46H41ClNO5P. The molecule has 0 saturated heterocycles. The first-order valence-electron chi connectivity index (χ1n) is 18.2. The fourth-order valence-electron chi connectivity index (χ4n) is 6.82. The smallest absolute Gasteiger partial charge is 0.372 e. The van der Waals surface area contributed by atoms with Crippen molar-refractivity contribution < 1.29 is 28.1 Å². The molecule has 8 rings (SSSR count). The Morgan fingerprint density at radius 2 is 1.07 bits per heavy atom. The molecular weight excluding hydrogens is 713 g/mol. The average Bonchev–Trinajstić information content (AvgIpc) is 3.33. The van der Waals surface area contributed by atoms with Crippen LogP contribution in [-0.4, -0.2) is 26.2 Å². The third kappa shape index (κ3) is 8.23. The van der Waals surface area contributed by atoms with Gasteiger partial charge in [0, 0.05) is 16.7 Å². The van der Waals surface area contributed by atoms with Gasteiger partial charge in [-0.25, -0.2) is 4.57 Å². The molecule has 0 fully saturated rings. The van der Waals surface area contributed by atoms with Gasteiger partial charge in [-0.15, -0.1) is 0 Å². The molecule has 1 heterocycles. The zero-order valence-electron chi connectivity index (χ0n) is 30.2. The van der Waals surface area contributed by atoms with Crippen molar-refractivity contribution in [2.45, 2.75) is 13.8 Å². The fraction of sp³-hybridized carbons (Fsp3) is 0.130. The number of benzene rings is 7. The predicted molar refractivity (Wildman–Crippen MR) is 219 cm³/mol. The van der Waals surface area contributed by atoms with Gasteiger partial charge in [0.25, 0.3) is 0 Å². The van der Waals surface area contributed by atoms with Crippen LogP contribution in [0.5, 0.6) is 17.2 Å². The first kappa shape index (κ1) is 37.0. The van der Waals surface area contributed by atoms with E-state index in [4.69, 9.17) is 25.4 Å². The molecule has 0 saturated carbocycles. The molecule has 7 aromatic rings. The highest BCUT2D eigenvalue weighted by Crippen LogP contribution is 2.55. The van der Waals surface area contributed by atoms with E-state index in [2.05, 4.69) is 38.1 Å². The van der Waals surface area contributed by atoms with Crippen molar-refractivity contribution in [1.29, 1.82) is 0 Å². The van der Waals surface area contributed by atoms with Gasteiger partial charge in [-0.05, 0) is 76.3 Å². The van der Waals surface area contributed by atoms with Crippen LogP contribution in [0.2, 0.25) is 0 Å². The van der Waals surface area contributed by atoms with Gasteiger partial charge in [0.1, 0.15) is 30.4 Å². The number of halogens is 1. The van der Waals surface area contributed by atoms with Crippen LogP contribution in [0, 0.1) is 0 Å². The Morgan fingerprint density at radius 1 is 0.611 bits per heavy atom. The van der Waals surface area contributed by atoms with Gasteiger partial charge in [0.15, 0.2) is 0 Å². The Kier molecular flexibility index (Phi) is 11.5. The Balaban J connectivity index is 0.000000168. The summed E-state index contributed by atoms with van der Waals surface area (Å²) in [5.41, 5.74) is 5.68. The molecule has 1 N–H and O–H groups in total. The van der Waals surface area contributed by atoms with Crippen molar-refractivity contribution in [3.8, 4) is 28.4 Å². The summed E-state index contributed by atoms with van der Waals surface area (Å²) in [5, 5.41) is 4.60. The van der Waals surface area contributed by atoms with E-state index < -0.39 is 7.82 Å². The standard InChI is InChI=1S/C26H28ClNO.C20H13O4P/c1-3-28(4-2)19-20-29-24-17-15-22(16-18-24)25(21-11-7-5-8-12-21)26(27)23-13-9-6-10-14-23;21-25(22)23-17-11-9-13-5-1-3-7-15(13)19(17)20-16-8-4-2-6-14(16)10-12-18(20)24-25/h5-18H,3-4,19-20H2,1-2H3;1-12H,(H,21,22)/b26-25+;. The Bertz CT molecular complexity index is 2360. The topological polar surface area (TPSA) is 72.3 Å². The van der Waals surface area contributed by atoms with E-state index >= 15 is 0 Å². The number of fused-ring (bicyclic) bond motifs is 7. The van der Waals surface area contributed by atoms with Crippen LogP contribution in [0.15, 0.2) is 158 Å². The maximum absolute atomic E-state index is 12.3. The largest absolute Gasteiger partial charge is 0.736 e. The molecule has 0 atom stereocenters. The van der Waals surface area contributed by atoms with Crippen molar-refractivity contribution in [3.63, 3.8) is 0 Å². The van der Waals surface area contributed by atoms with Gasteiger partial charge in [-0.2, -0.15) is 0 Å². The summed E-state index contributed by atoms with van der Waals surface area (Å²) in [6.07, 6.45) is 0. The minimum absolute atomic E-state index is 0.284. The van der Waals surface area contributed by atoms with Crippen LogP contribution in [0.1, 0.15) is 30.5 Å². The lowest BCUT2D eigenvalue weighted by atomic mass is 9.92. The van der Waals surface area contributed by atoms with Gasteiger partial charge in [0.05, 0.1) is 18.1 Å². The zero-order valence-corrected chi connectivity index (χ0v) is 31.9. The summed E-state index contributed by atoms with van der Waals surface area (Å²) in [6, 6.07) is 51.4. The third-order valence-corrected chi connectivity index (χ3v) is 10.9. The summed E-state index contributed by atoms with van der Waals surface area (Å²) in [7, 11) is -4.50. The lowest BCUT2D eigenvalue weighted by Crippen LogP contribution is -3.12. The molecule has 6 nitrogen and oxygen atoms in total. The third-order valence-electron chi connectivity index (χ3n) is 9.63. The summed E-state index contributed by atoms with van der Waals surface area (Å²) < 4.78 is 28.7. The van der Waals surface area contributed by atoms with Crippen molar-refractivity contribution in [1.82, 2.24) is 0 Å². The number of rotatable bonds is 9. The summed E-state index contributed by atoms with van der Waals surface area (Å²) in [5.74, 6) is 1.46. The molecule has 0 radical (unpaired) electrons. The number of hydrogen-bond donors (Lipinski definition) is 1. The van der Waals surface area contributed by atoms with E-state index in [-0.39, 0.29) is 11.5 Å². The molecule has 0 aliphatic carbocycles. The highest BCUT2D eigenvalue weighted by molar-refractivity contribution is 7.46. The minimum Gasteiger partial charge on any atom is -0.736 e. The van der Waals surface area contributed by atoms with Gasteiger partial charge < -0.3 is 23.6 Å². The lowest BCUT2D eigenvalue weighted by molar-refractivity contribution is -0.896. The second kappa shape index (κ2) is 16.8. The number of hydrogen-bond acceptors (Lipinski definition) is 5.